The molecule has 0 saturated carbocycles. The number of unbranched alkanes of at least 4 members (excludes halogenated alkanes) is 11. The van der Waals surface area contributed by atoms with Crippen LogP contribution in [0.25, 0.3) is 0 Å². The number of aliphatic hydroxyl groups excluding tert-OH is 3. The molecule has 12 nitrogen and oxygen atoms in total. The van der Waals surface area contributed by atoms with Gasteiger partial charge in [0.2, 0.25) is 0 Å². The highest BCUT2D eigenvalue weighted by molar-refractivity contribution is 7.85. The van der Waals surface area contributed by atoms with Gasteiger partial charge >= 0.3 is 11.9 Å². The summed E-state index contributed by atoms with van der Waals surface area (Å²) in [6.45, 7) is 3.56. The summed E-state index contributed by atoms with van der Waals surface area (Å²) in [6.07, 6.45) is 35.2. The van der Waals surface area contributed by atoms with E-state index in [0.717, 1.165) is 70.6 Å². The summed E-state index contributed by atoms with van der Waals surface area (Å²) in [5, 5.41) is 30.8. The Hall–Kier alpha value is -2.91. The molecule has 1 rings (SSSR count). The molecule has 4 N–H and O–H groups in total. The molecule has 1 aliphatic rings. The van der Waals surface area contributed by atoms with Crippen molar-refractivity contribution in [3.8, 4) is 0 Å². The first kappa shape index (κ1) is 54.1. The number of ether oxygens (including phenoxy) is 4. The third-order valence-electron chi connectivity index (χ3n) is 9.52. The van der Waals surface area contributed by atoms with Gasteiger partial charge in [0.15, 0.2) is 12.4 Å². The van der Waals surface area contributed by atoms with E-state index in [2.05, 4.69) is 74.6 Å². The average molecular weight is 853 g/mol. The quantitative estimate of drug-likeness (QED) is 0.0206. The normalized spacial score (nSPS) is 20.9. The van der Waals surface area contributed by atoms with E-state index in [9.17, 15) is 37.9 Å². The number of hydrogen-bond acceptors (Lipinski definition) is 11. The zero-order valence-electron chi connectivity index (χ0n) is 35.8. The van der Waals surface area contributed by atoms with Crippen LogP contribution >= 0.6 is 0 Å². The monoisotopic (exact) mass is 853 g/mol. The van der Waals surface area contributed by atoms with E-state index < -0.39 is 71.2 Å². The van der Waals surface area contributed by atoms with Gasteiger partial charge in [-0.15, -0.1) is 0 Å². The fourth-order valence-electron chi connectivity index (χ4n) is 6.12. The maximum atomic E-state index is 12.8. The first-order valence-corrected chi connectivity index (χ1v) is 23.6. The predicted octanol–water partition coefficient (Wildman–Crippen LogP) is 8.72. The Labute approximate surface area is 355 Å². The lowest BCUT2D eigenvalue weighted by atomic mass is 10.00. The first-order valence-electron chi connectivity index (χ1n) is 22.0. The zero-order valence-corrected chi connectivity index (χ0v) is 36.6. The van der Waals surface area contributed by atoms with Crippen LogP contribution in [0.4, 0.5) is 0 Å². The van der Waals surface area contributed by atoms with Crippen LogP contribution in [0.3, 0.4) is 0 Å². The second-order valence-corrected chi connectivity index (χ2v) is 16.5. The molecule has 13 heteroatoms. The summed E-state index contributed by atoms with van der Waals surface area (Å²) in [4.78, 5) is 25.3. The molecule has 1 heterocycles. The summed E-state index contributed by atoms with van der Waals surface area (Å²) in [5.41, 5.74) is 0. The van der Waals surface area contributed by atoms with Crippen molar-refractivity contribution in [2.24, 2.45) is 0 Å². The van der Waals surface area contributed by atoms with Gasteiger partial charge < -0.3 is 34.3 Å². The van der Waals surface area contributed by atoms with Crippen LogP contribution in [-0.4, -0.2) is 96.0 Å². The van der Waals surface area contributed by atoms with Crippen molar-refractivity contribution in [2.45, 2.75) is 185 Å². The summed E-state index contributed by atoms with van der Waals surface area (Å²) in [6, 6.07) is 0. The molecule has 0 aromatic carbocycles. The Morgan fingerprint density at radius 3 is 1.66 bits per heavy atom. The van der Waals surface area contributed by atoms with Crippen molar-refractivity contribution < 1.29 is 56.8 Å². The smallest absolute Gasteiger partial charge is 0.306 e. The summed E-state index contributed by atoms with van der Waals surface area (Å²) >= 11 is 0. The summed E-state index contributed by atoms with van der Waals surface area (Å²) in [7, 11) is -4.61. The Kier molecular flexibility index (Phi) is 32.8. The molecule has 59 heavy (non-hydrogen) atoms. The van der Waals surface area contributed by atoms with Crippen molar-refractivity contribution in [3.05, 3.63) is 72.9 Å². The summed E-state index contributed by atoms with van der Waals surface area (Å²) < 4.78 is 53.9. The van der Waals surface area contributed by atoms with Crippen molar-refractivity contribution in [2.75, 3.05) is 19.0 Å². The van der Waals surface area contributed by atoms with E-state index in [1.807, 2.05) is 12.2 Å². The van der Waals surface area contributed by atoms with E-state index >= 15 is 0 Å². The number of esters is 2. The number of carbonyl (C=O) groups excluding carboxylic acids is 2. The van der Waals surface area contributed by atoms with Crippen molar-refractivity contribution in [1.82, 2.24) is 0 Å². The van der Waals surface area contributed by atoms with E-state index in [-0.39, 0.29) is 19.4 Å². The second kappa shape index (κ2) is 35.8. The van der Waals surface area contributed by atoms with Gasteiger partial charge in [0, 0.05) is 12.8 Å². The lowest BCUT2D eigenvalue weighted by Crippen LogP contribution is -2.60. The largest absolute Gasteiger partial charge is 0.462 e. The molecular formula is C46H76O12S. The topological polar surface area (TPSA) is 186 Å². The molecule has 1 saturated heterocycles. The minimum atomic E-state index is -4.61. The van der Waals surface area contributed by atoms with Gasteiger partial charge in [-0.1, -0.05) is 132 Å². The molecule has 0 aromatic rings. The highest BCUT2D eigenvalue weighted by Crippen LogP contribution is 2.24. The molecule has 1 fully saturated rings. The van der Waals surface area contributed by atoms with Crippen LogP contribution in [-0.2, 0) is 38.7 Å². The third-order valence-corrected chi connectivity index (χ3v) is 10.3. The fourth-order valence-corrected chi connectivity index (χ4v) is 6.81. The molecule has 6 atom stereocenters. The van der Waals surface area contributed by atoms with Gasteiger partial charge in [-0.05, 0) is 77.0 Å². The number of rotatable bonds is 35. The molecule has 0 aromatic heterocycles. The lowest BCUT2D eigenvalue weighted by molar-refractivity contribution is -0.297. The average Bonchev–Trinajstić information content (AvgIpc) is 3.20. The SMILES string of the molecule is CC/C=C/C/C=C/C/C=C/C/C=C/C/C=C/CCCC(=O)O[C@H](COC(=O)CCCCCCC/C=C/CCCCCCC)CO[C@H]1O[C@H](CS(=O)(=O)O)[C@@H](O)C(O)C1O. The van der Waals surface area contributed by atoms with Crippen LogP contribution in [0, 0.1) is 0 Å². The van der Waals surface area contributed by atoms with Crippen LogP contribution in [0.1, 0.15) is 149 Å². The van der Waals surface area contributed by atoms with E-state index in [4.69, 9.17) is 18.9 Å². The van der Waals surface area contributed by atoms with E-state index in [1.165, 1.54) is 32.1 Å². The molecule has 0 amide bonds. The molecule has 1 aliphatic heterocycles. The van der Waals surface area contributed by atoms with Crippen LogP contribution in [0.5, 0.6) is 0 Å². The van der Waals surface area contributed by atoms with Gasteiger partial charge in [-0.3, -0.25) is 14.1 Å². The third kappa shape index (κ3) is 30.7. The molecule has 2 unspecified atom stereocenters. The van der Waals surface area contributed by atoms with Crippen molar-refractivity contribution in [1.29, 1.82) is 0 Å². The highest BCUT2D eigenvalue weighted by Gasteiger charge is 2.46. The van der Waals surface area contributed by atoms with Gasteiger partial charge in [0.1, 0.15) is 36.8 Å². The number of carbonyl (C=O) groups is 2. The predicted molar refractivity (Wildman–Crippen MR) is 233 cm³/mol. The Balaban J connectivity index is 2.52. The first-order chi connectivity index (χ1) is 28.5. The number of hydrogen-bond donors (Lipinski definition) is 4. The minimum absolute atomic E-state index is 0.0808. The highest BCUT2D eigenvalue weighted by atomic mass is 32.2. The van der Waals surface area contributed by atoms with Gasteiger partial charge in [-0.2, -0.15) is 8.42 Å². The lowest BCUT2D eigenvalue weighted by Gasteiger charge is -2.40. The molecule has 338 valence electrons. The molecular weight excluding hydrogens is 777 g/mol. The molecule has 0 spiro atoms. The van der Waals surface area contributed by atoms with Gasteiger partial charge in [0.25, 0.3) is 10.1 Å². The van der Waals surface area contributed by atoms with E-state index in [1.54, 1.807) is 0 Å². The number of aliphatic hydroxyl groups is 3. The van der Waals surface area contributed by atoms with Gasteiger partial charge in [-0.25, -0.2) is 0 Å². The Morgan fingerprint density at radius 2 is 1.08 bits per heavy atom. The van der Waals surface area contributed by atoms with Crippen LogP contribution in [0.2, 0.25) is 0 Å². The van der Waals surface area contributed by atoms with Gasteiger partial charge in [0.05, 0.1) is 6.61 Å². The summed E-state index contributed by atoms with van der Waals surface area (Å²) in [5.74, 6) is -2.08. The minimum Gasteiger partial charge on any atom is -0.462 e. The zero-order chi connectivity index (χ0) is 43.4. The maximum Gasteiger partial charge on any atom is 0.306 e. The fraction of sp³-hybridized carbons (Fsp3) is 0.696. The second-order valence-electron chi connectivity index (χ2n) is 15.0. The van der Waals surface area contributed by atoms with Crippen molar-refractivity contribution in [3.63, 3.8) is 0 Å². The molecule has 0 aliphatic carbocycles. The molecule has 0 bridgehead atoms. The van der Waals surface area contributed by atoms with Crippen LogP contribution in [0.15, 0.2) is 72.9 Å². The molecule has 0 radical (unpaired) electrons. The Morgan fingerprint density at radius 1 is 0.593 bits per heavy atom. The Bertz CT molecular complexity index is 1370. The van der Waals surface area contributed by atoms with Crippen molar-refractivity contribution >= 4 is 22.1 Å². The van der Waals surface area contributed by atoms with Crippen LogP contribution < -0.4 is 0 Å². The maximum absolute atomic E-state index is 12.8. The standard InChI is InChI=1S/C46H76O12S/c1-3-5-7-9-11-13-15-17-19-20-21-23-25-27-29-31-33-35-42(48)57-39(37-56-46-45(51)44(50)43(49)40(58-46)38-59(52,53)54)36-55-41(47)34-32-30-28-26-24-22-18-16-14-12-10-8-6-4-2/h5,7,11,13,16-19,21,23,27,29,39-40,43-46,49-51H,3-4,6,8-10,12,14-15,20,22,24-26,28,30-38H2,1-2H3,(H,52,53,54)/b7-5+,13-11+,18-16+,19-17+,23-21+,29-27+/t39-,40-,43-,44?,45?,46+/m1/s1. The van der Waals surface area contributed by atoms with E-state index in [0.29, 0.717) is 19.3 Å². The number of allylic oxidation sites excluding steroid dienone is 12.